The van der Waals surface area contributed by atoms with Crippen LogP contribution in [0.1, 0.15) is 5.69 Å². The SMILES string of the molecule is CO/N=C(\C(=O)O)c1cccc(NC=O)n1. The third-order valence-corrected chi connectivity index (χ3v) is 1.58. The van der Waals surface area contributed by atoms with Gasteiger partial charge in [-0.3, -0.25) is 4.79 Å². The number of anilines is 1. The topological polar surface area (TPSA) is 101 Å². The molecule has 16 heavy (non-hydrogen) atoms. The van der Waals surface area contributed by atoms with Crippen molar-refractivity contribution in [2.24, 2.45) is 5.16 Å². The summed E-state index contributed by atoms with van der Waals surface area (Å²) in [5.74, 6) is -1.03. The van der Waals surface area contributed by atoms with Crippen molar-refractivity contribution in [3.63, 3.8) is 0 Å². The molecule has 7 heteroatoms. The second-order valence-corrected chi connectivity index (χ2v) is 2.60. The summed E-state index contributed by atoms with van der Waals surface area (Å²) in [5, 5.41) is 14.5. The molecule has 0 unspecified atom stereocenters. The molecule has 0 aliphatic carbocycles. The van der Waals surface area contributed by atoms with Crippen LogP contribution in [-0.4, -0.2) is 35.3 Å². The van der Waals surface area contributed by atoms with E-state index < -0.39 is 5.97 Å². The van der Waals surface area contributed by atoms with Crippen LogP contribution in [0, 0.1) is 0 Å². The number of amides is 1. The first-order valence-corrected chi connectivity index (χ1v) is 4.21. The number of nitrogens with one attached hydrogen (secondary N) is 1. The maximum absolute atomic E-state index is 10.8. The van der Waals surface area contributed by atoms with Crippen LogP contribution in [0.3, 0.4) is 0 Å². The van der Waals surface area contributed by atoms with Crippen LogP contribution in [0.2, 0.25) is 0 Å². The Balaban J connectivity index is 3.10. The number of carboxylic acid groups (broad SMARTS) is 1. The van der Waals surface area contributed by atoms with Gasteiger partial charge in [0.1, 0.15) is 18.6 Å². The summed E-state index contributed by atoms with van der Waals surface area (Å²) >= 11 is 0. The number of hydrogen-bond donors (Lipinski definition) is 2. The molecule has 0 fully saturated rings. The summed E-state index contributed by atoms with van der Waals surface area (Å²) < 4.78 is 0. The summed E-state index contributed by atoms with van der Waals surface area (Å²) in [6.07, 6.45) is 0.444. The Labute approximate surface area is 90.7 Å². The Kier molecular flexibility index (Phi) is 3.96. The molecule has 0 saturated carbocycles. The number of aliphatic carboxylic acids is 1. The lowest BCUT2D eigenvalue weighted by Gasteiger charge is -2.02. The van der Waals surface area contributed by atoms with Gasteiger partial charge in [-0.25, -0.2) is 9.78 Å². The van der Waals surface area contributed by atoms with Crippen molar-refractivity contribution in [2.45, 2.75) is 0 Å². The molecular weight excluding hydrogens is 214 g/mol. The number of carbonyl (C=O) groups is 2. The zero-order valence-corrected chi connectivity index (χ0v) is 8.38. The number of nitrogens with zero attached hydrogens (tertiary/aromatic N) is 2. The molecule has 0 aliphatic rings. The van der Waals surface area contributed by atoms with E-state index in [1.807, 2.05) is 0 Å². The van der Waals surface area contributed by atoms with Gasteiger partial charge in [0.25, 0.3) is 0 Å². The molecule has 7 nitrogen and oxygen atoms in total. The third kappa shape index (κ3) is 2.77. The maximum atomic E-state index is 10.8. The molecule has 0 atom stereocenters. The van der Waals surface area contributed by atoms with E-state index in [1.165, 1.54) is 19.2 Å². The highest BCUT2D eigenvalue weighted by Crippen LogP contribution is 2.05. The van der Waals surface area contributed by atoms with Crippen LogP contribution in [0.15, 0.2) is 23.4 Å². The Morgan fingerprint density at radius 3 is 2.94 bits per heavy atom. The Hall–Kier alpha value is -2.44. The summed E-state index contributed by atoms with van der Waals surface area (Å²) in [6, 6.07) is 4.51. The highest BCUT2D eigenvalue weighted by atomic mass is 16.6. The first-order valence-electron chi connectivity index (χ1n) is 4.21. The molecule has 84 valence electrons. The first kappa shape index (κ1) is 11.6. The van der Waals surface area contributed by atoms with E-state index in [0.29, 0.717) is 6.41 Å². The van der Waals surface area contributed by atoms with Gasteiger partial charge in [-0.1, -0.05) is 11.2 Å². The van der Waals surface area contributed by atoms with Gasteiger partial charge in [0.15, 0.2) is 0 Å². The van der Waals surface area contributed by atoms with Crippen LogP contribution in [0.5, 0.6) is 0 Å². The second-order valence-electron chi connectivity index (χ2n) is 2.60. The lowest BCUT2D eigenvalue weighted by atomic mass is 10.2. The monoisotopic (exact) mass is 223 g/mol. The average molecular weight is 223 g/mol. The fourth-order valence-electron chi connectivity index (χ4n) is 0.994. The molecule has 1 amide bonds. The summed E-state index contributed by atoms with van der Waals surface area (Å²) in [6.45, 7) is 0. The predicted octanol–water partition coefficient (Wildman–Crippen LogP) is 0.0850. The molecular formula is C9H9N3O4. The number of pyridine rings is 1. The number of carboxylic acids is 1. The quantitative estimate of drug-likeness (QED) is 0.418. The van der Waals surface area contributed by atoms with Crippen LogP contribution in [0.4, 0.5) is 5.82 Å². The molecule has 0 aliphatic heterocycles. The molecule has 0 bridgehead atoms. The first-order chi connectivity index (χ1) is 7.69. The van der Waals surface area contributed by atoms with Crippen LogP contribution >= 0.6 is 0 Å². The summed E-state index contributed by atoms with van der Waals surface area (Å²) in [7, 11) is 1.23. The van der Waals surface area contributed by atoms with E-state index in [9.17, 15) is 9.59 Å². The summed E-state index contributed by atoms with van der Waals surface area (Å²) in [4.78, 5) is 29.3. The minimum atomic E-state index is -1.27. The van der Waals surface area contributed by atoms with Crippen LogP contribution in [0.25, 0.3) is 0 Å². The molecule has 0 spiro atoms. The van der Waals surface area contributed by atoms with Crippen molar-refractivity contribution in [3.8, 4) is 0 Å². The third-order valence-electron chi connectivity index (χ3n) is 1.58. The van der Waals surface area contributed by atoms with Crippen molar-refractivity contribution in [1.82, 2.24) is 4.98 Å². The predicted molar refractivity (Wildman–Crippen MR) is 55.1 cm³/mol. The van der Waals surface area contributed by atoms with Gasteiger partial charge in [-0.2, -0.15) is 0 Å². The Bertz CT molecular complexity index is 431. The van der Waals surface area contributed by atoms with Gasteiger partial charge in [0.05, 0.1) is 0 Å². The minimum Gasteiger partial charge on any atom is -0.476 e. The number of rotatable bonds is 5. The van der Waals surface area contributed by atoms with Gasteiger partial charge in [-0.15, -0.1) is 0 Å². The fourth-order valence-corrected chi connectivity index (χ4v) is 0.994. The van der Waals surface area contributed by atoms with Crippen molar-refractivity contribution in [2.75, 3.05) is 12.4 Å². The van der Waals surface area contributed by atoms with Crippen molar-refractivity contribution in [3.05, 3.63) is 23.9 Å². The van der Waals surface area contributed by atoms with E-state index in [2.05, 4.69) is 20.3 Å². The van der Waals surface area contributed by atoms with E-state index >= 15 is 0 Å². The van der Waals surface area contributed by atoms with Gasteiger partial charge in [0, 0.05) is 0 Å². The highest BCUT2D eigenvalue weighted by Gasteiger charge is 2.15. The molecule has 1 rings (SSSR count). The van der Waals surface area contributed by atoms with Gasteiger partial charge in [-0.05, 0) is 12.1 Å². The zero-order valence-electron chi connectivity index (χ0n) is 8.38. The molecule has 2 N–H and O–H groups in total. The van der Waals surface area contributed by atoms with Crippen molar-refractivity contribution in [1.29, 1.82) is 0 Å². The van der Waals surface area contributed by atoms with Crippen molar-refractivity contribution >= 4 is 23.9 Å². The fraction of sp³-hybridized carbons (Fsp3) is 0.111. The number of aromatic nitrogens is 1. The highest BCUT2D eigenvalue weighted by molar-refractivity contribution is 6.41. The summed E-state index contributed by atoms with van der Waals surface area (Å²) in [5.41, 5.74) is -0.238. The zero-order chi connectivity index (χ0) is 12.0. The van der Waals surface area contributed by atoms with E-state index in [4.69, 9.17) is 5.11 Å². The lowest BCUT2D eigenvalue weighted by Crippen LogP contribution is -2.17. The number of hydrogen-bond acceptors (Lipinski definition) is 5. The normalized spacial score (nSPS) is 10.7. The van der Waals surface area contributed by atoms with E-state index in [1.54, 1.807) is 6.07 Å². The molecule has 1 aromatic heterocycles. The van der Waals surface area contributed by atoms with Crippen LogP contribution in [-0.2, 0) is 14.4 Å². The lowest BCUT2D eigenvalue weighted by molar-refractivity contribution is -0.129. The molecule has 1 heterocycles. The average Bonchev–Trinajstić information content (AvgIpc) is 2.26. The largest absolute Gasteiger partial charge is 0.476 e. The smallest absolute Gasteiger partial charge is 0.360 e. The van der Waals surface area contributed by atoms with E-state index in [-0.39, 0.29) is 17.2 Å². The number of carbonyl (C=O) groups excluding carboxylic acids is 1. The van der Waals surface area contributed by atoms with Gasteiger partial charge < -0.3 is 15.3 Å². The van der Waals surface area contributed by atoms with Gasteiger partial charge >= 0.3 is 5.97 Å². The van der Waals surface area contributed by atoms with Crippen LogP contribution < -0.4 is 5.32 Å². The molecule has 0 radical (unpaired) electrons. The van der Waals surface area contributed by atoms with Crippen molar-refractivity contribution < 1.29 is 19.5 Å². The molecule has 0 saturated heterocycles. The number of oxime groups is 1. The Morgan fingerprint density at radius 2 is 2.38 bits per heavy atom. The minimum absolute atomic E-state index is 0.0983. The molecule has 0 aromatic carbocycles. The van der Waals surface area contributed by atoms with Gasteiger partial charge in [0.2, 0.25) is 12.1 Å². The standard InChI is InChI=1S/C9H9N3O4/c1-16-12-8(9(14)15)6-3-2-4-7(11-6)10-5-13/h2-5H,1H3,(H,14,15)(H,10,11,13)/b12-8-. The molecule has 1 aromatic rings. The second kappa shape index (κ2) is 5.44. The maximum Gasteiger partial charge on any atom is 0.360 e. The van der Waals surface area contributed by atoms with E-state index in [0.717, 1.165) is 0 Å². The Morgan fingerprint density at radius 1 is 1.62 bits per heavy atom.